The number of nitro groups is 1. The van der Waals surface area contributed by atoms with E-state index < -0.39 is 49.8 Å². The lowest BCUT2D eigenvalue weighted by atomic mass is 10.3. The summed E-state index contributed by atoms with van der Waals surface area (Å²) < 4.78 is 51.5. The molecule has 0 heterocycles. The zero-order valence-electron chi connectivity index (χ0n) is 9.63. The summed E-state index contributed by atoms with van der Waals surface area (Å²) in [7, 11) is -4.41. The van der Waals surface area contributed by atoms with Gasteiger partial charge in [0.2, 0.25) is 15.8 Å². The van der Waals surface area contributed by atoms with Crippen molar-refractivity contribution in [1.82, 2.24) is 4.72 Å². The maximum Gasteiger partial charge on any atom is 0.306 e. The van der Waals surface area contributed by atoms with E-state index in [2.05, 4.69) is 0 Å². The second kappa shape index (κ2) is 5.55. The van der Waals surface area contributed by atoms with Gasteiger partial charge in [-0.1, -0.05) is 0 Å². The zero-order chi connectivity index (χ0) is 14.8. The molecule has 2 N–H and O–H groups in total. The van der Waals surface area contributed by atoms with Crippen LogP contribution < -0.4 is 4.72 Å². The van der Waals surface area contributed by atoms with Crippen molar-refractivity contribution in [3.63, 3.8) is 0 Å². The maximum atomic E-state index is 13.4. The van der Waals surface area contributed by atoms with Gasteiger partial charge in [-0.05, 0) is 6.92 Å². The molecule has 0 spiro atoms. The Balaban J connectivity index is 3.27. The fourth-order valence-electron chi connectivity index (χ4n) is 1.17. The van der Waals surface area contributed by atoms with Crippen LogP contribution in [0.15, 0.2) is 17.0 Å². The van der Waals surface area contributed by atoms with Crippen molar-refractivity contribution in [3.8, 4) is 0 Å². The normalized spacial score (nSPS) is 13.3. The Hall–Kier alpha value is -1.65. The number of benzene rings is 1. The number of aliphatic hydroxyl groups excluding tert-OH is 1. The van der Waals surface area contributed by atoms with Crippen LogP contribution in [0.1, 0.15) is 6.92 Å². The summed E-state index contributed by atoms with van der Waals surface area (Å²) in [4.78, 5) is 8.25. The smallest absolute Gasteiger partial charge is 0.306 e. The molecular weight excluding hydrogens is 286 g/mol. The molecule has 0 bridgehead atoms. The predicted molar refractivity (Wildman–Crippen MR) is 59.9 cm³/mol. The average Bonchev–Trinajstić information content (AvgIpc) is 2.25. The third kappa shape index (κ3) is 3.66. The molecule has 1 rings (SSSR count). The predicted octanol–water partition coefficient (Wildman–Crippen LogP) is 0.532. The molecule has 1 unspecified atom stereocenters. The second-order valence-corrected chi connectivity index (χ2v) is 5.43. The van der Waals surface area contributed by atoms with Gasteiger partial charge in [-0.15, -0.1) is 0 Å². The van der Waals surface area contributed by atoms with Gasteiger partial charge in [-0.3, -0.25) is 10.1 Å². The number of hydrogen-bond donors (Lipinski definition) is 2. The third-order valence-electron chi connectivity index (χ3n) is 2.06. The van der Waals surface area contributed by atoms with Crippen molar-refractivity contribution in [2.75, 3.05) is 6.54 Å². The molecule has 1 aromatic rings. The average molecular weight is 296 g/mol. The highest BCUT2D eigenvalue weighted by molar-refractivity contribution is 7.89. The van der Waals surface area contributed by atoms with Crippen molar-refractivity contribution in [3.05, 3.63) is 33.9 Å². The van der Waals surface area contributed by atoms with Gasteiger partial charge in [0, 0.05) is 18.7 Å². The first-order valence-corrected chi connectivity index (χ1v) is 6.44. The Morgan fingerprint density at radius 2 is 2.00 bits per heavy atom. The molecule has 0 aromatic heterocycles. The molecule has 0 aliphatic rings. The van der Waals surface area contributed by atoms with Gasteiger partial charge < -0.3 is 5.11 Å². The van der Waals surface area contributed by atoms with Crippen LogP contribution in [0.3, 0.4) is 0 Å². The lowest BCUT2D eigenvalue weighted by molar-refractivity contribution is -0.387. The van der Waals surface area contributed by atoms with Crippen molar-refractivity contribution < 1.29 is 27.2 Å². The summed E-state index contributed by atoms with van der Waals surface area (Å²) in [6, 6.07) is 0.407. The Morgan fingerprint density at radius 3 is 2.47 bits per heavy atom. The van der Waals surface area contributed by atoms with E-state index in [0.29, 0.717) is 0 Å². The summed E-state index contributed by atoms with van der Waals surface area (Å²) in [6.07, 6.45) is -1.03. The van der Waals surface area contributed by atoms with E-state index in [-0.39, 0.29) is 12.1 Å². The highest BCUT2D eigenvalue weighted by Crippen LogP contribution is 2.24. The number of hydrogen-bond acceptors (Lipinski definition) is 5. The molecule has 1 atom stereocenters. The van der Waals surface area contributed by atoms with Crippen LogP contribution >= 0.6 is 0 Å². The lowest BCUT2D eigenvalue weighted by Gasteiger charge is -2.09. The molecule has 0 fully saturated rings. The number of nitro benzene ring substituents is 1. The van der Waals surface area contributed by atoms with E-state index >= 15 is 0 Å². The van der Waals surface area contributed by atoms with E-state index in [1.54, 1.807) is 0 Å². The number of nitrogens with one attached hydrogen (secondary N) is 1. The number of halogens is 2. The van der Waals surface area contributed by atoms with Gasteiger partial charge in [0.05, 0.1) is 11.0 Å². The van der Waals surface area contributed by atoms with Gasteiger partial charge in [0.15, 0.2) is 0 Å². The molecule has 0 saturated carbocycles. The Bertz CT molecular complexity index is 603. The lowest BCUT2D eigenvalue weighted by Crippen LogP contribution is -2.31. The Labute approximate surface area is 107 Å². The van der Waals surface area contributed by atoms with Gasteiger partial charge in [-0.25, -0.2) is 17.5 Å². The largest absolute Gasteiger partial charge is 0.392 e. The summed E-state index contributed by atoms with van der Waals surface area (Å²) >= 11 is 0. The van der Waals surface area contributed by atoms with Crippen LogP contribution in [0.25, 0.3) is 0 Å². The van der Waals surface area contributed by atoms with Crippen molar-refractivity contribution in [1.29, 1.82) is 0 Å². The molecule has 0 saturated heterocycles. The second-order valence-electron chi connectivity index (χ2n) is 3.69. The topological polar surface area (TPSA) is 110 Å². The minimum absolute atomic E-state index is 0.120. The molecule has 19 heavy (non-hydrogen) atoms. The first-order valence-electron chi connectivity index (χ1n) is 4.96. The van der Waals surface area contributed by atoms with Crippen LogP contribution in [0, 0.1) is 21.7 Å². The molecule has 0 aliphatic carbocycles. The molecule has 1 aromatic carbocycles. The number of sulfonamides is 1. The SMILES string of the molecule is CC(O)CNS(=O)(=O)c1cc([N+](=O)[O-])c(F)cc1F. The van der Waals surface area contributed by atoms with Crippen LogP contribution in [-0.4, -0.2) is 31.1 Å². The zero-order valence-corrected chi connectivity index (χ0v) is 10.4. The summed E-state index contributed by atoms with van der Waals surface area (Å²) in [6.45, 7) is 0.874. The molecule has 0 radical (unpaired) electrons. The van der Waals surface area contributed by atoms with E-state index in [0.717, 1.165) is 0 Å². The van der Waals surface area contributed by atoms with Crippen LogP contribution in [0.4, 0.5) is 14.5 Å². The Morgan fingerprint density at radius 1 is 1.42 bits per heavy atom. The Kier molecular flexibility index (Phi) is 4.50. The van der Waals surface area contributed by atoms with Crippen LogP contribution in [0.5, 0.6) is 0 Å². The number of rotatable bonds is 5. The van der Waals surface area contributed by atoms with E-state index in [9.17, 15) is 27.3 Å². The third-order valence-corrected chi connectivity index (χ3v) is 3.49. The van der Waals surface area contributed by atoms with Crippen molar-refractivity contribution in [2.24, 2.45) is 0 Å². The van der Waals surface area contributed by atoms with Gasteiger partial charge in [0.1, 0.15) is 10.7 Å². The van der Waals surface area contributed by atoms with Gasteiger partial charge in [-0.2, -0.15) is 4.39 Å². The molecule has 0 amide bonds. The molecular formula is C9H10F2N2O5S. The van der Waals surface area contributed by atoms with E-state index in [4.69, 9.17) is 5.11 Å². The van der Waals surface area contributed by atoms with Crippen LogP contribution in [-0.2, 0) is 10.0 Å². The fourth-order valence-corrected chi connectivity index (χ4v) is 2.37. The quantitative estimate of drug-likeness (QED) is 0.608. The summed E-state index contributed by atoms with van der Waals surface area (Å²) in [5, 5.41) is 19.4. The minimum Gasteiger partial charge on any atom is -0.392 e. The number of aliphatic hydroxyl groups is 1. The molecule has 7 nitrogen and oxygen atoms in total. The van der Waals surface area contributed by atoms with Gasteiger partial charge in [0.25, 0.3) is 0 Å². The number of nitrogens with zero attached hydrogens (tertiary/aromatic N) is 1. The fraction of sp³-hybridized carbons (Fsp3) is 0.333. The molecule has 10 heteroatoms. The molecule has 106 valence electrons. The highest BCUT2D eigenvalue weighted by atomic mass is 32.2. The van der Waals surface area contributed by atoms with E-state index in [1.165, 1.54) is 6.92 Å². The van der Waals surface area contributed by atoms with Gasteiger partial charge >= 0.3 is 5.69 Å². The van der Waals surface area contributed by atoms with Crippen molar-refractivity contribution >= 4 is 15.7 Å². The first kappa shape index (κ1) is 15.4. The summed E-state index contributed by atoms with van der Waals surface area (Å²) in [5.74, 6) is -2.93. The maximum absolute atomic E-state index is 13.4. The highest BCUT2D eigenvalue weighted by Gasteiger charge is 2.26. The van der Waals surface area contributed by atoms with Crippen molar-refractivity contribution in [2.45, 2.75) is 17.9 Å². The monoisotopic (exact) mass is 296 g/mol. The van der Waals surface area contributed by atoms with Crippen LogP contribution in [0.2, 0.25) is 0 Å². The standard InChI is InChI=1S/C9H10F2N2O5S/c1-5(14)4-12-19(17,18)9-3-8(13(15)16)6(10)2-7(9)11/h2-3,5,12,14H,4H2,1H3. The first-order chi connectivity index (χ1) is 8.65. The summed E-state index contributed by atoms with van der Waals surface area (Å²) in [5.41, 5.74) is -1.15. The van der Waals surface area contributed by atoms with E-state index in [1.807, 2.05) is 4.72 Å². The minimum atomic E-state index is -4.41. The molecule has 0 aliphatic heterocycles.